The molecule has 2 heteroatoms. The summed E-state index contributed by atoms with van der Waals surface area (Å²) in [5.74, 6) is 1.86. The van der Waals surface area contributed by atoms with E-state index in [-0.39, 0.29) is 0 Å². The zero-order valence-corrected chi connectivity index (χ0v) is 10.3. The fourth-order valence-electron chi connectivity index (χ4n) is 2.42. The fourth-order valence-corrected chi connectivity index (χ4v) is 2.42. The molecule has 0 bridgehead atoms. The number of hydrogen-bond acceptors (Lipinski definition) is 2. The van der Waals surface area contributed by atoms with Crippen LogP contribution < -0.4 is 0 Å². The molecule has 0 fully saturated rings. The number of benzene rings is 2. The average molecular weight is 248 g/mol. The molecular weight excluding hydrogens is 236 g/mol. The monoisotopic (exact) mass is 248 g/mol. The lowest BCUT2D eigenvalue weighted by Crippen LogP contribution is -1.80. The largest absolute Gasteiger partial charge is 0.461 e. The third-order valence-corrected chi connectivity index (χ3v) is 3.30. The first-order chi connectivity index (χ1) is 9.38. The minimum Gasteiger partial charge on any atom is -0.461 e. The Morgan fingerprint density at radius 2 is 1.11 bits per heavy atom. The van der Waals surface area contributed by atoms with Gasteiger partial charge in [0.2, 0.25) is 0 Å². The predicted octanol–water partition coefficient (Wildman–Crippen LogP) is 4.77. The molecule has 19 heavy (non-hydrogen) atoms. The van der Waals surface area contributed by atoms with Crippen LogP contribution in [0.3, 0.4) is 0 Å². The normalized spacial score (nSPS) is 11.4. The van der Waals surface area contributed by atoms with E-state index in [1.165, 1.54) is 0 Å². The van der Waals surface area contributed by atoms with Crippen molar-refractivity contribution in [3.63, 3.8) is 0 Å². The molecule has 0 atom stereocenters. The molecule has 0 aliphatic carbocycles. The summed E-state index contributed by atoms with van der Waals surface area (Å²) < 4.78 is 11.6. The minimum absolute atomic E-state index is 0.684. The maximum absolute atomic E-state index is 5.81. The Morgan fingerprint density at radius 1 is 0.632 bits per heavy atom. The van der Waals surface area contributed by atoms with Crippen molar-refractivity contribution in [2.45, 2.75) is 6.42 Å². The van der Waals surface area contributed by atoms with Crippen molar-refractivity contribution in [1.82, 2.24) is 0 Å². The zero-order valence-electron chi connectivity index (χ0n) is 10.3. The van der Waals surface area contributed by atoms with E-state index in [0.29, 0.717) is 6.42 Å². The van der Waals surface area contributed by atoms with Gasteiger partial charge in [0.1, 0.15) is 22.7 Å². The first kappa shape index (κ1) is 10.4. The number of fused-ring (bicyclic) bond motifs is 2. The number of furan rings is 2. The molecule has 0 amide bonds. The molecule has 4 rings (SSSR count). The maximum Gasteiger partial charge on any atom is 0.134 e. The third-order valence-electron chi connectivity index (χ3n) is 3.30. The summed E-state index contributed by atoms with van der Waals surface area (Å²) in [6, 6.07) is 20.2. The molecular formula is C17H12O2. The molecule has 2 heterocycles. The Balaban J connectivity index is 1.73. The van der Waals surface area contributed by atoms with Crippen molar-refractivity contribution in [3.05, 3.63) is 72.2 Å². The van der Waals surface area contributed by atoms with Crippen LogP contribution >= 0.6 is 0 Å². The standard InChI is InChI=1S/C17H12O2/c1-3-7-16-12(5-1)9-14(18-16)11-15-10-13-6-2-4-8-17(13)19-15/h1-10H,11H2. The van der Waals surface area contributed by atoms with Gasteiger partial charge < -0.3 is 8.83 Å². The van der Waals surface area contributed by atoms with E-state index >= 15 is 0 Å². The number of para-hydroxylation sites is 2. The van der Waals surface area contributed by atoms with Gasteiger partial charge >= 0.3 is 0 Å². The van der Waals surface area contributed by atoms with Crippen LogP contribution in [0.4, 0.5) is 0 Å². The van der Waals surface area contributed by atoms with Crippen molar-refractivity contribution >= 4 is 21.9 Å². The summed E-state index contributed by atoms with van der Waals surface area (Å²) in [5, 5.41) is 2.27. The van der Waals surface area contributed by atoms with E-state index in [2.05, 4.69) is 24.3 Å². The van der Waals surface area contributed by atoms with Crippen LogP contribution in [0.1, 0.15) is 11.5 Å². The van der Waals surface area contributed by atoms with Crippen LogP contribution in [0.25, 0.3) is 21.9 Å². The third kappa shape index (κ3) is 1.82. The van der Waals surface area contributed by atoms with Gasteiger partial charge in [-0.1, -0.05) is 36.4 Å². The van der Waals surface area contributed by atoms with Crippen molar-refractivity contribution < 1.29 is 8.83 Å². The van der Waals surface area contributed by atoms with E-state index in [0.717, 1.165) is 33.5 Å². The maximum atomic E-state index is 5.81. The highest BCUT2D eigenvalue weighted by atomic mass is 16.4. The second-order valence-corrected chi connectivity index (χ2v) is 4.68. The smallest absolute Gasteiger partial charge is 0.134 e. The molecule has 0 aliphatic rings. The summed E-state index contributed by atoms with van der Waals surface area (Å²) in [4.78, 5) is 0. The van der Waals surface area contributed by atoms with Gasteiger partial charge in [-0.3, -0.25) is 0 Å². The average Bonchev–Trinajstić information content (AvgIpc) is 3.00. The van der Waals surface area contributed by atoms with Crippen molar-refractivity contribution in [3.8, 4) is 0 Å². The molecule has 2 aromatic heterocycles. The minimum atomic E-state index is 0.684. The van der Waals surface area contributed by atoms with Gasteiger partial charge in [-0.05, 0) is 24.3 Å². The van der Waals surface area contributed by atoms with Crippen LogP contribution in [-0.4, -0.2) is 0 Å². The van der Waals surface area contributed by atoms with Gasteiger partial charge in [-0.15, -0.1) is 0 Å². The van der Waals surface area contributed by atoms with Gasteiger partial charge in [0.25, 0.3) is 0 Å². The van der Waals surface area contributed by atoms with E-state index in [1.54, 1.807) is 0 Å². The summed E-state index contributed by atoms with van der Waals surface area (Å²) in [5.41, 5.74) is 1.85. The molecule has 0 radical (unpaired) electrons. The first-order valence-corrected chi connectivity index (χ1v) is 6.33. The topological polar surface area (TPSA) is 26.3 Å². The molecule has 0 aliphatic heterocycles. The van der Waals surface area contributed by atoms with Gasteiger partial charge in [-0.25, -0.2) is 0 Å². The predicted molar refractivity (Wildman–Crippen MR) is 75.2 cm³/mol. The molecule has 4 aromatic rings. The van der Waals surface area contributed by atoms with Crippen LogP contribution in [0.5, 0.6) is 0 Å². The Kier molecular flexibility index (Phi) is 2.21. The van der Waals surface area contributed by atoms with Crippen LogP contribution in [0.2, 0.25) is 0 Å². The van der Waals surface area contributed by atoms with Gasteiger partial charge in [0.15, 0.2) is 0 Å². The molecule has 2 nitrogen and oxygen atoms in total. The van der Waals surface area contributed by atoms with Gasteiger partial charge in [0.05, 0.1) is 6.42 Å². The SMILES string of the molecule is c1ccc2oc(Cc3cc4ccccc4o3)cc2c1. The van der Waals surface area contributed by atoms with Crippen LogP contribution in [-0.2, 0) is 6.42 Å². The highest BCUT2D eigenvalue weighted by Gasteiger charge is 2.08. The highest BCUT2D eigenvalue weighted by Crippen LogP contribution is 2.24. The Hall–Kier alpha value is -2.48. The quantitative estimate of drug-likeness (QED) is 0.510. The number of rotatable bonds is 2. The van der Waals surface area contributed by atoms with Crippen molar-refractivity contribution in [2.75, 3.05) is 0 Å². The summed E-state index contributed by atoms with van der Waals surface area (Å²) >= 11 is 0. The Bertz CT molecular complexity index is 714. The van der Waals surface area contributed by atoms with E-state index in [9.17, 15) is 0 Å². The zero-order chi connectivity index (χ0) is 12.7. The molecule has 0 saturated carbocycles. The lowest BCUT2D eigenvalue weighted by atomic mass is 10.2. The molecule has 0 saturated heterocycles. The van der Waals surface area contributed by atoms with E-state index < -0.39 is 0 Å². The molecule has 0 unspecified atom stereocenters. The van der Waals surface area contributed by atoms with Crippen LogP contribution in [0.15, 0.2) is 69.5 Å². The lowest BCUT2D eigenvalue weighted by Gasteiger charge is -1.91. The van der Waals surface area contributed by atoms with Gasteiger partial charge in [-0.2, -0.15) is 0 Å². The molecule has 0 N–H and O–H groups in total. The fraction of sp³-hybridized carbons (Fsp3) is 0.0588. The molecule has 92 valence electrons. The summed E-state index contributed by atoms with van der Waals surface area (Å²) in [7, 11) is 0. The van der Waals surface area contributed by atoms with Crippen LogP contribution in [0, 0.1) is 0 Å². The van der Waals surface area contributed by atoms with Crippen molar-refractivity contribution in [1.29, 1.82) is 0 Å². The van der Waals surface area contributed by atoms with E-state index in [4.69, 9.17) is 8.83 Å². The van der Waals surface area contributed by atoms with E-state index in [1.807, 2.05) is 36.4 Å². The van der Waals surface area contributed by atoms with Crippen molar-refractivity contribution in [2.24, 2.45) is 0 Å². The molecule has 2 aromatic carbocycles. The first-order valence-electron chi connectivity index (χ1n) is 6.33. The Labute approximate surface area is 110 Å². The Morgan fingerprint density at radius 3 is 1.58 bits per heavy atom. The second-order valence-electron chi connectivity index (χ2n) is 4.68. The summed E-state index contributed by atoms with van der Waals surface area (Å²) in [6.45, 7) is 0. The highest BCUT2D eigenvalue weighted by molar-refractivity contribution is 5.79. The second kappa shape index (κ2) is 4.02. The molecule has 0 spiro atoms. The summed E-state index contributed by atoms with van der Waals surface area (Å²) in [6.07, 6.45) is 0.684. The number of hydrogen-bond donors (Lipinski definition) is 0. The van der Waals surface area contributed by atoms with Gasteiger partial charge in [0, 0.05) is 10.8 Å². The lowest BCUT2D eigenvalue weighted by molar-refractivity contribution is 0.512.